The standard InChI is InChI=1S/C20H28N4O3/c1-13(2)10-11-21-20(27)18(15(4)25)23-19(26)17-12-22-24(14(17)3)16-8-6-5-7-9-16/h5-9,12-13,15,18,25H,10-11H2,1-4H3,(H,21,27)(H,23,26)/t15-,18+/m1/s1. The molecular weight excluding hydrogens is 344 g/mol. The summed E-state index contributed by atoms with van der Waals surface area (Å²) >= 11 is 0. The van der Waals surface area contributed by atoms with Gasteiger partial charge < -0.3 is 15.7 Å². The number of amides is 2. The van der Waals surface area contributed by atoms with E-state index in [1.54, 1.807) is 11.6 Å². The van der Waals surface area contributed by atoms with E-state index in [1.807, 2.05) is 30.3 Å². The van der Waals surface area contributed by atoms with Crippen molar-refractivity contribution in [2.75, 3.05) is 6.54 Å². The van der Waals surface area contributed by atoms with Gasteiger partial charge in [0.15, 0.2) is 0 Å². The lowest BCUT2D eigenvalue weighted by atomic mass is 10.1. The summed E-state index contributed by atoms with van der Waals surface area (Å²) in [5.41, 5.74) is 1.86. The fraction of sp³-hybridized carbons (Fsp3) is 0.450. The summed E-state index contributed by atoms with van der Waals surface area (Å²) in [6.45, 7) is 7.89. The molecule has 1 aromatic heterocycles. The Kier molecular flexibility index (Phi) is 7.12. The van der Waals surface area contributed by atoms with Gasteiger partial charge in [-0.1, -0.05) is 32.0 Å². The van der Waals surface area contributed by atoms with Crippen LogP contribution < -0.4 is 10.6 Å². The van der Waals surface area contributed by atoms with Crippen LogP contribution in [0.25, 0.3) is 5.69 Å². The van der Waals surface area contributed by atoms with Gasteiger partial charge in [0.05, 0.1) is 29.2 Å². The highest BCUT2D eigenvalue weighted by atomic mass is 16.3. The molecule has 27 heavy (non-hydrogen) atoms. The van der Waals surface area contributed by atoms with Crippen LogP contribution in [0.2, 0.25) is 0 Å². The monoisotopic (exact) mass is 372 g/mol. The summed E-state index contributed by atoms with van der Waals surface area (Å²) in [6.07, 6.45) is 1.28. The maximum atomic E-state index is 12.7. The average molecular weight is 372 g/mol. The minimum atomic E-state index is -1.02. The molecule has 1 heterocycles. The number of hydrogen-bond donors (Lipinski definition) is 3. The summed E-state index contributed by atoms with van der Waals surface area (Å²) in [6, 6.07) is 8.44. The molecule has 7 heteroatoms. The third-order valence-electron chi connectivity index (χ3n) is 4.33. The maximum Gasteiger partial charge on any atom is 0.255 e. The minimum absolute atomic E-state index is 0.361. The van der Waals surface area contributed by atoms with Crippen molar-refractivity contribution in [3.05, 3.63) is 47.8 Å². The van der Waals surface area contributed by atoms with Crippen LogP contribution in [-0.4, -0.2) is 45.4 Å². The van der Waals surface area contributed by atoms with Crippen LogP contribution in [0.4, 0.5) is 0 Å². The molecule has 2 aromatic rings. The predicted molar refractivity (Wildman–Crippen MR) is 104 cm³/mol. The second kappa shape index (κ2) is 9.32. The Morgan fingerprint density at radius 3 is 2.44 bits per heavy atom. The number of nitrogens with zero attached hydrogens (tertiary/aromatic N) is 2. The molecule has 0 saturated carbocycles. The molecule has 0 aliphatic rings. The molecule has 146 valence electrons. The normalized spacial score (nSPS) is 13.3. The highest BCUT2D eigenvalue weighted by Gasteiger charge is 2.27. The topological polar surface area (TPSA) is 96.2 Å². The van der Waals surface area contributed by atoms with Crippen LogP contribution in [0.5, 0.6) is 0 Å². The molecule has 2 rings (SSSR count). The van der Waals surface area contributed by atoms with Crippen molar-refractivity contribution >= 4 is 11.8 Å². The highest BCUT2D eigenvalue weighted by molar-refractivity contribution is 5.98. The van der Waals surface area contributed by atoms with Crippen LogP contribution in [0.1, 0.15) is 43.2 Å². The van der Waals surface area contributed by atoms with Crippen LogP contribution >= 0.6 is 0 Å². The first-order valence-corrected chi connectivity index (χ1v) is 9.18. The number of aliphatic hydroxyl groups is 1. The summed E-state index contributed by atoms with van der Waals surface area (Å²) < 4.78 is 1.66. The second-order valence-corrected chi connectivity index (χ2v) is 7.06. The summed E-state index contributed by atoms with van der Waals surface area (Å²) in [4.78, 5) is 25.0. The Morgan fingerprint density at radius 1 is 1.19 bits per heavy atom. The molecule has 3 N–H and O–H groups in total. The number of aromatic nitrogens is 2. The van der Waals surface area contributed by atoms with Crippen LogP contribution in [0.15, 0.2) is 36.5 Å². The largest absolute Gasteiger partial charge is 0.391 e. The smallest absolute Gasteiger partial charge is 0.255 e. The number of carbonyl (C=O) groups is 2. The van der Waals surface area contributed by atoms with Crippen molar-refractivity contribution < 1.29 is 14.7 Å². The van der Waals surface area contributed by atoms with E-state index >= 15 is 0 Å². The fourth-order valence-corrected chi connectivity index (χ4v) is 2.68. The number of hydrogen-bond acceptors (Lipinski definition) is 4. The molecule has 0 radical (unpaired) electrons. The third kappa shape index (κ3) is 5.40. The number of para-hydroxylation sites is 1. The Labute approximate surface area is 159 Å². The number of aliphatic hydroxyl groups excluding tert-OH is 1. The van der Waals surface area contributed by atoms with E-state index in [9.17, 15) is 14.7 Å². The zero-order valence-electron chi connectivity index (χ0n) is 16.3. The SMILES string of the molecule is Cc1c(C(=O)N[C@H](C(=O)NCCC(C)C)[C@@H](C)O)cnn1-c1ccccc1. The van der Waals surface area contributed by atoms with Crippen molar-refractivity contribution in [1.82, 2.24) is 20.4 Å². The summed E-state index contributed by atoms with van der Waals surface area (Å²) in [5.74, 6) is -0.386. The van der Waals surface area contributed by atoms with Crippen LogP contribution in [-0.2, 0) is 4.79 Å². The Morgan fingerprint density at radius 2 is 1.85 bits per heavy atom. The van der Waals surface area contributed by atoms with Crippen molar-refractivity contribution in [3.63, 3.8) is 0 Å². The average Bonchev–Trinajstić information content (AvgIpc) is 3.01. The van der Waals surface area contributed by atoms with E-state index in [0.717, 1.165) is 12.1 Å². The minimum Gasteiger partial charge on any atom is -0.391 e. The number of rotatable bonds is 8. The molecule has 1 aromatic carbocycles. The second-order valence-electron chi connectivity index (χ2n) is 7.06. The highest BCUT2D eigenvalue weighted by Crippen LogP contribution is 2.14. The van der Waals surface area contributed by atoms with Gasteiger partial charge in [0, 0.05) is 6.54 Å². The lowest BCUT2D eigenvalue weighted by Gasteiger charge is -2.21. The van der Waals surface area contributed by atoms with Crippen molar-refractivity contribution in [2.24, 2.45) is 5.92 Å². The molecule has 0 bridgehead atoms. The van der Waals surface area contributed by atoms with Gasteiger partial charge >= 0.3 is 0 Å². The molecular formula is C20H28N4O3. The number of benzene rings is 1. The molecule has 2 atom stereocenters. The van der Waals surface area contributed by atoms with E-state index in [4.69, 9.17) is 0 Å². The number of nitrogens with one attached hydrogen (secondary N) is 2. The molecule has 0 unspecified atom stereocenters. The summed E-state index contributed by atoms with van der Waals surface area (Å²) in [5, 5.41) is 19.6. The molecule has 7 nitrogen and oxygen atoms in total. The first kappa shape index (κ1) is 20.6. The number of carbonyl (C=O) groups excluding carboxylic acids is 2. The Hall–Kier alpha value is -2.67. The van der Waals surface area contributed by atoms with Crippen molar-refractivity contribution in [1.29, 1.82) is 0 Å². The first-order valence-electron chi connectivity index (χ1n) is 9.18. The van der Waals surface area contributed by atoms with Crippen molar-refractivity contribution in [3.8, 4) is 5.69 Å². The van der Waals surface area contributed by atoms with Gasteiger partial charge in [-0.15, -0.1) is 0 Å². The fourth-order valence-electron chi connectivity index (χ4n) is 2.68. The zero-order valence-corrected chi connectivity index (χ0v) is 16.3. The molecule has 0 spiro atoms. The maximum absolute atomic E-state index is 12.7. The van der Waals surface area contributed by atoms with Gasteiger partial charge in [0.1, 0.15) is 6.04 Å². The molecule has 0 saturated heterocycles. The first-order chi connectivity index (χ1) is 12.8. The van der Waals surface area contributed by atoms with E-state index in [0.29, 0.717) is 23.7 Å². The third-order valence-corrected chi connectivity index (χ3v) is 4.33. The van der Waals surface area contributed by atoms with Gasteiger partial charge in [0.2, 0.25) is 5.91 Å². The van der Waals surface area contributed by atoms with Gasteiger partial charge in [-0.05, 0) is 38.3 Å². The van der Waals surface area contributed by atoms with E-state index in [1.165, 1.54) is 13.1 Å². The van der Waals surface area contributed by atoms with Crippen LogP contribution in [0.3, 0.4) is 0 Å². The van der Waals surface area contributed by atoms with Crippen molar-refractivity contribution in [2.45, 2.75) is 46.3 Å². The lowest BCUT2D eigenvalue weighted by molar-refractivity contribution is -0.125. The van der Waals surface area contributed by atoms with E-state index in [-0.39, 0.29) is 0 Å². The summed E-state index contributed by atoms with van der Waals surface area (Å²) in [7, 11) is 0. The van der Waals surface area contributed by atoms with E-state index in [2.05, 4.69) is 29.6 Å². The van der Waals surface area contributed by atoms with Gasteiger partial charge in [-0.3, -0.25) is 9.59 Å². The Bertz CT molecular complexity index is 769. The van der Waals surface area contributed by atoms with Crippen LogP contribution in [0, 0.1) is 12.8 Å². The van der Waals surface area contributed by atoms with Gasteiger partial charge in [-0.2, -0.15) is 5.10 Å². The Balaban J connectivity index is 2.10. The molecule has 0 aliphatic carbocycles. The van der Waals surface area contributed by atoms with E-state index < -0.39 is 24.0 Å². The molecule has 2 amide bonds. The molecule has 0 aliphatic heterocycles. The van der Waals surface area contributed by atoms with Gasteiger partial charge in [-0.25, -0.2) is 4.68 Å². The lowest BCUT2D eigenvalue weighted by Crippen LogP contribution is -2.52. The molecule has 0 fully saturated rings. The zero-order chi connectivity index (χ0) is 20.0. The predicted octanol–water partition coefficient (Wildman–Crippen LogP) is 1.82. The van der Waals surface area contributed by atoms with Gasteiger partial charge in [0.25, 0.3) is 5.91 Å². The quantitative estimate of drug-likeness (QED) is 0.659.